The second-order valence-corrected chi connectivity index (χ2v) is 15.5. The Morgan fingerprint density at radius 1 is 0.396 bits per heavy atom. The molecule has 0 saturated carbocycles. The van der Waals surface area contributed by atoms with Gasteiger partial charge < -0.3 is 0 Å². The van der Waals surface area contributed by atoms with Gasteiger partial charge in [0.1, 0.15) is 0 Å². The van der Waals surface area contributed by atoms with Gasteiger partial charge in [0.15, 0.2) is 17.5 Å². The number of hydrogen-bond donors (Lipinski definition) is 0. The SMILES string of the molecule is Cc1cccc(-c2nc(-c3ccccc3)nc(-c3ccc4c(c3)C3(c5ccccc5-c5ccccc5-4)c4ccccc4S(=O)(=O)c4ccccc43)n2)c1. The van der Waals surface area contributed by atoms with E-state index in [1.54, 1.807) is 12.1 Å². The third-order valence-corrected chi connectivity index (χ3v) is 12.5. The molecule has 0 bridgehead atoms. The van der Waals surface area contributed by atoms with Crippen LogP contribution in [-0.2, 0) is 15.3 Å². The summed E-state index contributed by atoms with van der Waals surface area (Å²) in [5.41, 5.74) is 10.3. The summed E-state index contributed by atoms with van der Waals surface area (Å²) >= 11 is 0. The highest BCUT2D eigenvalue weighted by Gasteiger charge is 2.51. The zero-order valence-electron chi connectivity index (χ0n) is 28.7. The summed E-state index contributed by atoms with van der Waals surface area (Å²) in [7, 11) is -3.83. The van der Waals surface area contributed by atoms with Gasteiger partial charge in [-0.2, -0.15) is 0 Å². The van der Waals surface area contributed by atoms with E-state index in [0.29, 0.717) is 27.3 Å². The van der Waals surface area contributed by atoms with Gasteiger partial charge >= 0.3 is 0 Å². The van der Waals surface area contributed by atoms with Crippen LogP contribution in [0.1, 0.15) is 27.8 Å². The second kappa shape index (κ2) is 11.8. The van der Waals surface area contributed by atoms with Crippen molar-refractivity contribution >= 4 is 9.84 Å². The van der Waals surface area contributed by atoms with Gasteiger partial charge in [-0.3, -0.25) is 0 Å². The summed E-state index contributed by atoms with van der Waals surface area (Å²) in [6.07, 6.45) is 0. The van der Waals surface area contributed by atoms with E-state index in [1.165, 1.54) is 0 Å². The van der Waals surface area contributed by atoms with E-state index in [4.69, 9.17) is 15.0 Å². The maximum atomic E-state index is 14.5. The Bertz CT molecular complexity index is 2830. The third kappa shape index (κ3) is 4.62. The lowest BCUT2D eigenvalue weighted by atomic mass is 9.63. The van der Waals surface area contributed by atoms with Gasteiger partial charge in [-0.05, 0) is 75.7 Å². The number of aryl methyl sites for hydroxylation is 1. The Hall–Kier alpha value is -6.50. The number of aromatic nitrogens is 3. The fourth-order valence-electron chi connectivity index (χ4n) is 8.37. The molecule has 1 aliphatic carbocycles. The molecule has 1 aromatic heterocycles. The Labute approximate surface area is 308 Å². The molecule has 5 nitrogen and oxygen atoms in total. The van der Waals surface area contributed by atoms with Crippen molar-refractivity contribution in [3.05, 3.63) is 198 Å². The average Bonchev–Trinajstić information content (AvgIpc) is 3.32. The van der Waals surface area contributed by atoms with Crippen LogP contribution in [-0.4, -0.2) is 23.4 Å². The summed E-state index contributed by atoms with van der Waals surface area (Å²) in [6.45, 7) is 2.06. The highest BCUT2D eigenvalue weighted by Crippen LogP contribution is 2.59. The quantitative estimate of drug-likeness (QED) is 0.183. The predicted molar refractivity (Wildman–Crippen MR) is 209 cm³/mol. The molecule has 0 N–H and O–H groups in total. The third-order valence-electron chi connectivity index (χ3n) is 10.6. The van der Waals surface area contributed by atoms with Crippen LogP contribution in [0, 0.1) is 6.92 Å². The molecule has 0 unspecified atom stereocenters. The van der Waals surface area contributed by atoms with Crippen LogP contribution in [0.2, 0.25) is 0 Å². The molecule has 7 aromatic carbocycles. The Morgan fingerprint density at radius 3 is 1.49 bits per heavy atom. The number of nitrogens with zero attached hydrogens (tertiary/aromatic N) is 3. The monoisotopic (exact) mass is 701 g/mol. The standard InChI is InChI=1S/C47H31N3O2S/c1-30-14-13-17-32(28-30)45-48-44(31-15-3-2-4-16-31)49-46(50-45)33-26-27-37-35-19-6-5-18-34(35)36-20-7-8-21-38(36)47(41(37)29-33)39-22-9-11-24-42(39)53(51,52)43-25-12-10-23-40(43)47/h2-29H,1H3. The van der Waals surface area contributed by atoms with Crippen molar-refractivity contribution < 1.29 is 8.42 Å². The van der Waals surface area contributed by atoms with Gasteiger partial charge in [0.05, 0.1) is 15.2 Å². The van der Waals surface area contributed by atoms with Crippen LogP contribution in [0.25, 0.3) is 56.4 Å². The van der Waals surface area contributed by atoms with Gasteiger partial charge in [0.2, 0.25) is 9.84 Å². The normalized spacial score (nSPS) is 14.2. The largest absolute Gasteiger partial charge is 0.218 e. The zero-order valence-corrected chi connectivity index (χ0v) is 29.5. The van der Waals surface area contributed by atoms with Crippen LogP contribution in [0.15, 0.2) is 180 Å². The predicted octanol–water partition coefficient (Wildman–Crippen LogP) is 10.4. The van der Waals surface area contributed by atoms with Crippen LogP contribution in [0.3, 0.4) is 0 Å². The molecule has 252 valence electrons. The molecule has 10 rings (SSSR count). The van der Waals surface area contributed by atoms with E-state index in [0.717, 1.165) is 66.8 Å². The minimum absolute atomic E-state index is 0.309. The number of sulfone groups is 1. The molecule has 2 heterocycles. The Kier molecular flexibility index (Phi) is 6.94. The average molecular weight is 702 g/mol. The van der Waals surface area contributed by atoms with Gasteiger partial charge in [-0.15, -0.1) is 0 Å². The first-order valence-corrected chi connectivity index (χ1v) is 19.1. The van der Waals surface area contributed by atoms with Gasteiger partial charge in [-0.25, -0.2) is 23.4 Å². The first-order valence-electron chi connectivity index (χ1n) is 17.6. The zero-order chi connectivity index (χ0) is 35.7. The lowest BCUT2D eigenvalue weighted by Gasteiger charge is -2.42. The summed E-state index contributed by atoms with van der Waals surface area (Å²) in [5, 5.41) is 0. The number of benzene rings is 7. The van der Waals surface area contributed by atoms with Crippen molar-refractivity contribution in [3.63, 3.8) is 0 Å². The molecule has 2 aliphatic rings. The van der Waals surface area contributed by atoms with Crippen LogP contribution >= 0.6 is 0 Å². The van der Waals surface area contributed by atoms with Gasteiger partial charge in [0, 0.05) is 16.7 Å². The summed E-state index contributed by atoms with van der Waals surface area (Å²) in [5.74, 6) is 1.69. The molecule has 0 amide bonds. The maximum absolute atomic E-state index is 14.5. The first kappa shape index (κ1) is 31.3. The highest BCUT2D eigenvalue weighted by atomic mass is 32.2. The molecule has 6 heteroatoms. The molecule has 0 atom stereocenters. The van der Waals surface area contributed by atoms with E-state index in [-0.39, 0.29) is 0 Å². The van der Waals surface area contributed by atoms with Crippen molar-refractivity contribution in [2.45, 2.75) is 22.1 Å². The van der Waals surface area contributed by atoms with E-state index >= 15 is 0 Å². The molecule has 8 aromatic rings. The van der Waals surface area contributed by atoms with Crippen molar-refractivity contribution in [3.8, 4) is 56.4 Å². The van der Waals surface area contributed by atoms with Crippen molar-refractivity contribution in [2.24, 2.45) is 0 Å². The highest BCUT2D eigenvalue weighted by molar-refractivity contribution is 7.91. The lowest BCUT2D eigenvalue weighted by molar-refractivity contribution is 0.579. The summed E-state index contributed by atoms with van der Waals surface area (Å²) in [4.78, 5) is 15.8. The Balaban J connectivity index is 1.35. The number of rotatable bonds is 3. The van der Waals surface area contributed by atoms with Crippen LogP contribution in [0.4, 0.5) is 0 Å². The first-order chi connectivity index (χ1) is 25.9. The van der Waals surface area contributed by atoms with Crippen LogP contribution in [0.5, 0.6) is 0 Å². The van der Waals surface area contributed by atoms with Crippen LogP contribution < -0.4 is 0 Å². The topological polar surface area (TPSA) is 72.8 Å². The van der Waals surface area contributed by atoms with E-state index in [2.05, 4.69) is 85.8 Å². The minimum Gasteiger partial charge on any atom is -0.218 e. The van der Waals surface area contributed by atoms with E-state index in [1.807, 2.05) is 78.9 Å². The lowest BCUT2D eigenvalue weighted by Crippen LogP contribution is -2.38. The molecule has 53 heavy (non-hydrogen) atoms. The number of fused-ring (bicyclic) bond motifs is 11. The molecule has 1 aliphatic heterocycles. The summed E-state index contributed by atoms with van der Waals surface area (Å²) in [6, 6.07) is 56.5. The summed E-state index contributed by atoms with van der Waals surface area (Å²) < 4.78 is 29.0. The molecule has 0 saturated heterocycles. The molecule has 1 spiro atoms. The molecular weight excluding hydrogens is 671 g/mol. The number of hydrogen-bond acceptors (Lipinski definition) is 5. The molecular formula is C47H31N3O2S. The van der Waals surface area contributed by atoms with E-state index < -0.39 is 15.3 Å². The Morgan fingerprint density at radius 2 is 0.868 bits per heavy atom. The fourth-order valence-corrected chi connectivity index (χ4v) is 10.1. The second-order valence-electron chi connectivity index (χ2n) is 13.6. The van der Waals surface area contributed by atoms with E-state index in [9.17, 15) is 8.42 Å². The van der Waals surface area contributed by atoms with Gasteiger partial charge in [0.25, 0.3) is 0 Å². The fraction of sp³-hybridized carbons (Fsp3) is 0.0426. The molecule has 0 fully saturated rings. The maximum Gasteiger partial charge on any atom is 0.207 e. The van der Waals surface area contributed by atoms with Crippen molar-refractivity contribution in [1.82, 2.24) is 15.0 Å². The minimum atomic E-state index is -3.83. The smallest absolute Gasteiger partial charge is 0.207 e. The van der Waals surface area contributed by atoms with Crippen molar-refractivity contribution in [2.75, 3.05) is 0 Å². The van der Waals surface area contributed by atoms with Gasteiger partial charge in [-0.1, -0.05) is 151 Å². The van der Waals surface area contributed by atoms with Crippen molar-refractivity contribution in [1.29, 1.82) is 0 Å². The molecule has 0 radical (unpaired) electrons.